The molecule has 2 fully saturated rings. The van der Waals surface area contributed by atoms with Gasteiger partial charge in [-0.2, -0.15) is 0 Å². The Kier molecular flexibility index (Phi) is 6.80. The molecule has 176 valence electrons. The molecular formula is C30H33NO3. The average Bonchev–Trinajstić information content (AvgIpc) is 2.88. The van der Waals surface area contributed by atoms with E-state index in [1.54, 1.807) is 24.3 Å². The van der Waals surface area contributed by atoms with E-state index in [9.17, 15) is 9.90 Å². The Bertz CT molecular complexity index is 1020. The van der Waals surface area contributed by atoms with E-state index >= 15 is 0 Å². The van der Waals surface area contributed by atoms with E-state index in [4.69, 9.17) is 4.74 Å². The molecule has 0 amide bonds. The monoisotopic (exact) mass is 455 g/mol. The number of benzene rings is 3. The summed E-state index contributed by atoms with van der Waals surface area (Å²) in [5.74, 6) is -0.578. The van der Waals surface area contributed by atoms with E-state index in [1.807, 2.05) is 36.4 Å². The van der Waals surface area contributed by atoms with Crippen molar-refractivity contribution in [2.75, 3.05) is 6.54 Å². The van der Waals surface area contributed by atoms with Gasteiger partial charge in [-0.25, -0.2) is 4.79 Å². The minimum Gasteiger partial charge on any atom is -0.460 e. The van der Waals surface area contributed by atoms with Crippen LogP contribution in [0.15, 0.2) is 91.0 Å². The van der Waals surface area contributed by atoms with Gasteiger partial charge in [-0.05, 0) is 36.0 Å². The van der Waals surface area contributed by atoms with E-state index in [2.05, 4.69) is 35.2 Å². The number of hydrogen-bond donors (Lipinski definition) is 1. The molecule has 2 aliphatic rings. The van der Waals surface area contributed by atoms with Gasteiger partial charge in [0.15, 0.2) is 0 Å². The van der Waals surface area contributed by atoms with Gasteiger partial charge in [0.05, 0.1) is 0 Å². The number of piperidine rings is 2. The summed E-state index contributed by atoms with van der Waals surface area (Å²) in [6.45, 7) is 1.04. The molecule has 3 aromatic rings. The van der Waals surface area contributed by atoms with E-state index in [0.717, 1.165) is 38.6 Å². The van der Waals surface area contributed by atoms with Gasteiger partial charge >= 0.3 is 5.97 Å². The normalized spacial score (nSPS) is 22.8. The lowest BCUT2D eigenvalue weighted by atomic mass is 9.82. The van der Waals surface area contributed by atoms with Crippen molar-refractivity contribution in [2.24, 2.45) is 0 Å². The number of rotatable bonds is 7. The molecule has 0 aromatic heterocycles. The molecule has 3 aromatic carbocycles. The smallest absolute Gasteiger partial charge is 0.347 e. The highest BCUT2D eigenvalue weighted by atomic mass is 16.6. The SMILES string of the molecule is O=C(OC1CC2CCCC(C1)N2CCc1ccccc1)C(O)(c1ccccc1)c1ccccc1. The fourth-order valence-electron chi connectivity index (χ4n) is 5.79. The van der Waals surface area contributed by atoms with Crippen LogP contribution in [0.2, 0.25) is 0 Å². The van der Waals surface area contributed by atoms with Crippen LogP contribution in [0.3, 0.4) is 0 Å². The quantitative estimate of drug-likeness (QED) is 0.504. The molecule has 0 saturated carbocycles. The lowest BCUT2D eigenvalue weighted by Crippen LogP contribution is -2.55. The Hall–Kier alpha value is -2.95. The molecule has 2 atom stereocenters. The van der Waals surface area contributed by atoms with Crippen LogP contribution in [0.25, 0.3) is 0 Å². The fourth-order valence-corrected chi connectivity index (χ4v) is 5.79. The largest absolute Gasteiger partial charge is 0.460 e. The second-order valence-corrected chi connectivity index (χ2v) is 9.65. The molecule has 0 radical (unpaired) electrons. The predicted molar refractivity (Wildman–Crippen MR) is 133 cm³/mol. The number of fused-ring (bicyclic) bond motifs is 2. The maximum Gasteiger partial charge on any atom is 0.347 e. The number of carbonyl (C=O) groups is 1. The second-order valence-electron chi connectivity index (χ2n) is 9.65. The second kappa shape index (κ2) is 10.1. The molecule has 2 heterocycles. The molecule has 2 bridgehead atoms. The molecule has 2 saturated heterocycles. The van der Waals surface area contributed by atoms with E-state index in [0.29, 0.717) is 23.2 Å². The summed E-state index contributed by atoms with van der Waals surface area (Å²) >= 11 is 0. The van der Waals surface area contributed by atoms with Crippen molar-refractivity contribution in [1.29, 1.82) is 0 Å². The third-order valence-corrected chi connectivity index (χ3v) is 7.54. The van der Waals surface area contributed by atoms with Gasteiger partial charge < -0.3 is 9.84 Å². The molecule has 5 rings (SSSR count). The number of aliphatic hydroxyl groups is 1. The van der Waals surface area contributed by atoms with E-state index in [1.165, 1.54) is 12.0 Å². The summed E-state index contributed by atoms with van der Waals surface area (Å²) in [6.07, 6.45) is 6.04. The summed E-state index contributed by atoms with van der Waals surface area (Å²) in [6, 6.07) is 29.8. The zero-order valence-electron chi connectivity index (χ0n) is 19.6. The summed E-state index contributed by atoms with van der Waals surface area (Å²) in [4.78, 5) is 16.2. The number of carbonyl (C=O) groups excluding carboxylic acids is 1. The first-order valence-corrected chi connectivity index (χ1v) is 12.5. The first-order valence-electron chi connectivity index (χ1n) is 12.5. The molecule has 4 heteroatoms. The average molecular weight is 456 g/mol. The Morgan fingerprint density at radius 2 is 1.32 bits per heavy atom. The van der Waals surface area contributed by atoms with Crippen molar-refractivity contribution < 1.29 is 14.6 Å². The minimum absolute atomic E-state index is 0.172. The molecular weight excluding hydrogens is 422 g/mol. The zero-order chi connectivity index (χ0) is 23.4. The van der Waals surface area contributed by atoms with Crippen molar-refractivity contribution in [1.82, 2.24) is 4.90 Å². The number of ether oxygens (including phenoxy) is 1. The van der Waals surface area contributed by atoms with Crippen LogP contribution in [0.1, 0.15) is 48.8 Å². The third-order valence-electron chi connectivity index (χ3n) is 7.54. The Morgan fingerprint density at radius 1 is 0.824 bits per heavy atom. The van der Waals surface area contributed by atoms with Crippen LogP contribution < -0.4 is 0 Å². The standard InChI is InChI=1S/C30H33NO3/c32-29(30(33,24-13-6-2-7-14-24)25-15-8-3-9-16-25)34-28-21-26-17-10-18-27(22-28)31(26)20-19-23-11-4-1-5-12-23/h1-9,11-16,26-28,33H,10,17-22H2. The van der Waals surface area contributed by atoms with Crippen molar-refractivity contribution in [2.45, 2.75) is 62.3 Å². The number of esters is 1. The van der Waals surface area contributed by atoms with Gasteiger partial charge in [0.2, 0.25) is 5.60 Å². The van der Waals surface area contributed by atoms with Crippen LogP contribution in [-0.2, 0) is 21.6 Å². The highest BCUT2D eigenvalue weighted by Crippen LogP contribution is 2.37. The summed E-state index contributed by atoms with van der Waals surface area (Å²) in [5, 5.41) is 11.7. The molecule has 2 aliphatic heterocycles. The molecule has 2 unspecified atom stereocenters. The molecule has 0 aliphatic carbocycles. The van der Waals surface area contributed by atoms with Crippen molar-refractivity contribution in [3.05, 3.63) is 108 Å². The lowest BCUT2D eigenvalue weighted by Gasteiger charge is -2.49. The Morgan fingerprint density at radius 3 is 1.85 bits per heavy atom. The molecule has 4 nitrogen and oxygen atoms in total. The maximum atomic E-state index is 13.6. The Labute approximate surface area is 202 Å². The maximum absolute atomic E-state index is 13.6. The number of hydrogen-bond acceptors (Lipinski definition) is 4. The third kappa shape index (κ3) is 4.66. The van der Waals surface area contributed by atoms with Crippen molar-refractivity contribution in [3.63, 3.8) is 0 Å². The van der Waals surface area contributed by atoms with Crippen molar-refractivity contribution in [3.8, 4) is 0 Å². The Balaban J connectivity index is 1.31. The van der Waals surface area contributed by atoms with E-state index in [-0.39, 0.29) is 6.10 Å². The number of nitrogens with zero attached hydrogens (tertiary/aromatic N) is 1. The topological polar surface area (TPSA) is 49.8 Å². The summed E-state index contributed by atoms with van der Waals surface area (Å²) in [5.41, 5.74) is 0.616. The predicted octanol–water partition coefficient (Wildman–Crippen LogP) is 5.09. The minimum atomic E-state index is -1.82. The van der Waals surface area contributed by atoms with Gasteiger partial charge in [-0.3, -0.25) is 4.90 Å². The zero-order valence-corrected chi connectivity index (χ0v) is 19.6. The molecule has 0 spiro atoms. The van der Waals surface area contributed by atoms with Gasteiger partial charge in [0.25, 0.3) is 0 Å². The first-order chi connectivity index (χ1) is 16.6. The summed E-state index contributed by atoms with van der Waals surface area (Å²) in [7, 11) is 0. The fraction of sp³-hybridized carbons (Fsp3) is 0.367. The molecule has 34 heavy (non-hydrogen) atoms. The molecule has 1 N–H and O–H groups in total. The van der Waals surface area contributed by atoms with Crippen LogP contribution >= 0.6 is 0 Å². The van der Waals surface area contributed by atoms with E-state index < -0.39 is 11.6 Å². The van der Waals surface area contributed by atoms with Gasteiger partial charge in [0.1, 0.15) is 6.10 Å². The summed E-state index contributed by atoms with van der Waals surface area (Å²) < 4.78 is 6.10. The van der Waals surface area contributed by atoms with Crippen LogP contribution in [0.5, 0.6) is 0 Å². The highest BCUT2D eigenvalue weighted by Gasteiger charge is 2.45. The highest BCUT2D eigenvalue weighted by molar-refractivity contribution is 5.85. The van der Waals surface area contributed by atoms with Gasteiger partial charge in [0, 0.05) is 31.5 Å². The lowest BCUT2D eigenvalue weighted by molar-refractivity contribution is -0.173. The van der Waals surface area contributed by atoms with Crippen LogP contribution in [0.4, 0.5) is 0 Å². The van der Waals surface area contributed by atoms with Gasteiger partial charge in [-0.15, -0.1) is 0 Å². The first kappa shape index (κ1) is 22.8. The van der Waals surface area contributed by atoms with Crippen LogP contribution in [-0.4, -0.2) is 40.7 Å². The van der Waals surface area contributed by atoms with Crippen molar-refractivity contribution >= 4 is 5.97 Å². The van der Waals surface area contributed by atoms with Crippen LogP contribution in [0, 0.1) is 0 Å². The van der Waals surface area contributed by atoms with Gasteiger partial charge in [-0.1, -0.05) is 97.4 Å².